The zero-order chi connectivity index (χ0) is 20.3. The number of hydrogen-bond acceptors (Lipinski definition) is 4. The van der Waals surface area contributed by atoms with Crippen LogP contribution in [0.1, 0.15) is 36.1 Å². The number of nitrogens with zero attached hydrogens (tertiary/aromatic N) is 3. The first-order valence-electron chi connectivity index (χ1n) is 10.2. The predicted molar refractivity (Wildman–Crippen MR) is 119 cm³/mol. The molecule has 1 fully saturated rings. The zero-order valence-corrected chi connectivity index (χ0v) is 17.2. The molecule has 6 heteroatoms. The Morgan fingerprint density at radius 1 is 0.867 bits per heavy atom. The van der Waals surface area contributed by atoms with Gasteiger partial charge < -0.3 is 10.3 Å². The molecule has 4 aromatic rings. The van der Waals surface area contributed by atoms with Crippen molar-refractivity contribution in [2.75, 3.05) is 6.54 Å². The maximum atomic E-state index is 6.06. The Labute approximate surface area is 180 Å². The molecule has 0 radical (unpaired) electrons. The van der Waals surface area contributed by atoms with Crippen LogP contribution in [0.15, 0.2) is 73.1 Å². The van der Waals surface area contributed by atoms with Crippen LogP contribution >= 0.6 is 11.6 Å². The summed E-state index contributed by atoms with van der Waals surface area (Å²) in [4.78, 5) is 17.4. The van der Waals surface area contributed by atoms with Gasteiger partial charge in [-0.05, 0) is 48.7 Å². The molecule has 0 bridgehead atoms. The van der Waals surface area contributed by atoms with Crippen molar-refractivity contribution in [3.8, 4) is 22.9 Å². The summed E-state index contributed by atoms with van der Waals surface area (Å²) in [5, 5.41) is 4.42. The lowest BCUT2D eigenvalue weighted by molar-refractivity contribution is 0.370. The second kappa shape index (κ2) is 8.38. The number of imidazole rings is 1. The molecule has 0 spiro atoms. The van der Waals surface area contributed by atoms with Crippen molar-refractivity contribution in [2.24, 2.45) is 0 Å². The van der Waals surface area contributed by atoms with E-state index in [9.17, 15) is 0 Å². The molecule has 2 aromatic heterocycles. The van der Waals surface area contributed by atoms with Crippen molar-refractivity contribution in [1.82, 2.24) is 25.3 Å². The summed E-state index contributed by atoms with van der Waals surface area (Å²) in [6.07, 6.45) is 5.65. The van der Waals surface area contributed by atoms with E-state index in [4.69, 9.17) is 16.6 Å². The van der Waals surface area contributed by atoms with Crippen LogP contribution in [0.25, 0.3) is 22.9 Å². The Morgan fingerprint density at radius 3 is 2.33 bits per heavy atom. The minimum Gasteiger partial charge on any atom is -0.341 e. The number of rotatable bonds is 4. The summed E-state index contributed by atoms with van der Waals surface area (Å²) in [6.45, 7) is 0.877. The molecule has 30 heavy (non-hydrogen) atoms. The lowest BCUT2D eigenvalue weighted by Gasteiger charge is -2.30. The van der Waals surface area contributed by atoms with E-state index in [1.165, 1.54) is 5.56 Å². The van der Waals surface area contributed by atoms with Crippen molar-refractivity contribution in [2.45, 2.75) is 24.8 Å². The minimum absolute atomic E-state index is 0.317. The first-order valence-corrected chi connectivity index (χ1v) is 10.6. The molecule has 1 aliphatic heterocycles. The van der Waals surface area contributed by atoms with Crippen LogP contribution in [0.4, 0.5) is 0 Å². The molecule has 1 aliphatic rings. The van der Waals surface area contributed by atoms with Crippen molar-refractivity contribution in [1.29, 1.82) is 0 Å². The number of benzene rings is 2. The highest BCUT2D eigenvalue weighted by Gasteiger charge is 2.28. The third-order valence-electron chi connectivity index (χ3n) is 5.65. The number of hydrogen-bond donors (Lipinski definition) is 2. The standard InChI is InChI=1S/C24H22ClN5/c25-19-10-7-17(8-11-19)23-29-21(22(30-23)24-26-13-4-14-27-24)18-9-12-20(28-15-18)16-5-2-1-3-6-16/h1-8,10-11,13-14,18,20,28H,9,12,15H2,(H,29,30)/t18-,20-/m1/s1. The maximum absolute atomic E-state index is 6.06. The van der Waals surface area contributed by atoms with Gasteiger partial charge in [-0.2, -0.15) is 0 Å². The molecule has 2 N–H and O–H groups in total. The number of H-pyrrole nitrogens is 1. The molecule has 2 atom stereocenters. The maximum Gasteiger partial charge on any atom is 0.180 e. The first-order chi connectivity index (χ1) is 14.8. The van der Waals surface area contributed by atoms with Gasteiger partial charge >= 0.3 is 0 Å². The molecule has 2 aromatic carbocycles. The SMILES string of the molecule is Clc1ccc(-c2nc(-c3ncccn3)c([C@@H]3CC[C@H](c4ccccc4)NC3)[nH]2)cc1. The number of nitrogens with one attached hydrogen (secondary N) is 2. The van der Waals surface area contributed by atoms with Crippen LogP contribution in [0, 0.1) is 0 Å². The van der Waals surface area contributed by atoms with E-state index in [1.807, 2.05) is 30.3 Å². The first kappa shape index (κ1) is 19.0. The van der Waals surface area contributed by atoms with E-state index in [-0.39, 0.29) is 0 Å². The molecular weight excluding hydrogens is 394 g/mol. The third kappa shape index (κ3) is 3.86. The summed E-state index contributed by atoms with van der Waals surface area (Å²) in [5.41, 5.74) is 4.25. The van der Waals surface area contributed by atoms with Crippen LogP contribution in [0.2, 0.25) is 5.02 Å². The molecule has 3 heterocycles. The van der Waals surface area contributed by atoms with Gasteiger partial charge in [0.15, 0.2) is 5.82 Å². The second-order valence-corrected chi connectivity index (χ2v) is 8.01. The average molecular weight is 416 g/mol. The summed E-state index contributed by atoms with van der Waals surface area (Å²) in [7, 11) is 0. The molecule has 0 amide bonds. The predicted octanol–water partition coefficient (Wildman–Crippen LogP) is 5.40. The highest BCUT2D eigenvalue weighted by molar-refractivity contribution is 6.30. The highest BCUT2D eigenvalue weighted by Crippen LogP contribution is 2.36. The van der Waals surface area contributed by atoms with Gasteiger partial charge in [0.25, 0.3) is 0 Å². The molecular formula is C24H22ClN5. The van der Waals surface area contributed by atoms with Gasteiger partial charge in [-0.1, -0.05) is 41.9 Å². The Balaban J connectivity index is 1.46. The fourth-order valence-corrected chi connectivity index (χ4v) is 4.22. The van der Waals surface area contributed by atoms with Gasteiger partial charge in [0.2, 0.25) is 0 Å². The van der Waals surface area contributed by atoms with Crippen molar-refractivity contribution < 1.29 is 0 Å². The molecule has 0 aliphatic carbocycles. The Kier molecular flexibility index (Phi) is 5.30. The van der Waals surface area contributed by atoms with Crippen LogP contribution in [-0.2, 0) is 0 Å². The fourth-order valence-electron chi connectivity index (χ4n) is 4.09. The van der Waals surface area contributed by atoms with Gasteiger partial charge in [0, 0.05) is 41.5 Å². The molecule has 5 nitrogen and oxygen atoms in total. The number of halogens is 1. The minimum atomic E-state index is 0.317. The van der Waals surface area contributed by atoms with Gasteiger partial charge in [0.1, 0.15) is 11.5 Å². The van der Waals surface area contributed by atoms with E-state index < -0.39 is 0 Å². The average Bonchev–Trinajstić information content (AvgIpc) is 3.26. The van der Waals surface area contributed by atoms with Crippen molar-refractivity contribution >= 4 is 11.6 Å². The van der Waals surface area contributed by atoms with Crippen molar-refractivity contribution in [3.05, 3.63) is 89.3 Å². The number of aromatic amines is 1. The second-order valence-electron chi connectivity index (χ2n) is 7.57. The van der Waals surface area contributed by atoms with E-state index in [0.29, 0.717) is 22.8 Å². The normalized spacial score (nSPS) is 19.0. The molecule has 150 valence electrons. The largest absolute Gasteiger partial charge is 0.341 e. The summed E-state index contributed by atoms with van der Waals surface area (Å²) in [5.74, 6) is 1.78. The topological polar surface area (TPSA) is 66.5 Å². The fraction of sp³-hybridized carbons (Fsp3) is 0.208. The highest BCUT2D eigenvalue weighted by atomic mass is 35.5. The van der Waals surface area contributed by atoms with E-state index in [2.05, 4.69) is 50.6 Å². The van der Waals surface area contributed by atoms with Crippen LogP contribution in [0.3, 0.4) is 0 Å². The molecule has 5 rings (SSSR count). The van der Waals surface area contributed by atoms with Gasteiger partial charge in [-0.3, -0.25) is 0 Å². The van der Waals surface area contributed by atoms with Gasteiger partial charge in [-0.15, -0.1) is 0 Å². The van der Waals surface area contributed by atoms with Crippen LogP contribution in [0.5, 0.6) is 0 Å². The lowest BCUT2D eigenvalue weighted by Crippen LogP contribution is -2.32. The monoisotopic (exact) mass is 415 g/mol. The smallest absolute Gasteiger partial charge is 0.180 e. The zero-order valence-electron chi connectivity index (χ0n) is 16.4. The summed E-state index contributed by atoms with van der Waals surface area (Å²) >= 11 is 6.06. The van der Waals surface area contributed by atoms with Gasteiger partial charge in [0.05, 0.1) is 5.69 Å². The molecule has 0 saturated carbocycles. The van der Waals surface area contributed by atoms with Gasteiger partial charge in [-0.25, -0.2) is 15.0 Å². The molecule has 1 saturated heterocycles. The van der Waals surface area contributed by atoms with E-state index in [0.717, 1.165) is 42.2 Å². The van der Waals surface area contributed by atoms with Crippen molar-refractivity contribution in [3.63, 3.8) is 0 Å². The molecule has 0 unspecified atom stereocenters. The summed E-state index contributed by atoms with van der Waals surface area (Å²) in [6, 6.07) is 20.6. The summed E-state index contributed by atoms with van der Waals surface area (Å²) < 4.78 is 0. The van der Waals surface area contributed by atoms with Crippen LogP contribution in [-0.4, -0.2) is 26.5 Å². The Bertz CT molecular complexity index is 1100. The lowest BCUT2D eigenvalue weighted by atomic mass is 9.88. The van der Waals surface area contributed by atoms with E-state index in [1.54, 1.807) is 12.4 Å². The third-order valence-corrected chi connectivity index (χ3v) is 5.90. The van der Waals surface area contributed by atoms with E-state index >= 15 is 0 Å². The van der Waals surface area contributed by atoms with Crippen LogP contribution < -0.4 is 5.32 Å². The Morgan fingerprint density at radius 2 is 1.63 bits per heavy atom. The Hall–Kier alpha value is -3.02. The number of piperidine rings is 1. The quantitative estimate of drug-likeness (QED) is 0.468. The number of aromatic nitrogens is 4.